The molecule has 0 bridgehead atoms. The molecule has 0 aliphatic carbocycles. The number of carbonyl (C=O) groups excluding carboxylic acids is 1. The number of hydrogen-bond donors (Lipinski definition) is 1. The third-order valence-electron chi connectivity index (χ3n) is 4.05. The molecule has 1 spiro atoms. The van der Waals surface area contributed by atoms with Gasteiger partial charge in [0.15, 0.2) is 5.60 Å². The number of anilines is 1. The van der Waals surface area contributed by atoms with Crippen LogP contribution in [0.25, 0.3) is 0 Å². The highest BCUT2D eigenvalue weighted by atomic mass is 19.4. The van der Waals surface area contributed by atoms with Crippen molar-refractivity contribution in [3.63, 3.8) is 0 Å². The third kappa shape index (κ3) is 2.25. The Balaban J connectivity index is 1.48. The monoisotopic (exact) mass is 340 g/mol. The van der Waals surface area contributed by atoms with Gasteiger partial charge in [-0.3, -0.25) is 4.79 Å². The van der Waals surface area contributed by atoms with Crippen LogP contribution in [0, 0.1) is 0 Å². The van der Waals surface area contributed by atoms with Gasteiger partial charge in [-0.25, -0.2) is 0 Å². The van der Waals surface area contributed by atoms with Crippen molar-refractivity contribution in [1.82, 2.24) is 0 Å². The number of oxime groups is 1. The summed E-state index contributed by atoms with van der Waals surface area (Å²) in [5.41, 5.74) is -2.86. The average Bonchev–Trinajstić information content (AvgIpc) is 3.18. The topological polar surface area (TPSA) is 84.6 Å². The van der Waals surface area contributed by atoms with Gasteiger partial charge in [-0.1, -0.05) is 17.3 Å². The largest absolute Gasteiger partial charge is 0.442 e. The van der Waals surface area contributed by atoms with E-state index in [-0.39, 0.29) is 17.0 Å². The van der Waals surface area contributed by atoms with Gasteiger partial charge in [0.05, 0.1) is 13.2 Å². The third-order valence-corrected chi connectivity index (χ3v) is 4.05. The highest BCUT2D eigenvalue weighted by Crippen LogP contribution is 2.52. The summed E-state index contributed by atoms with van der Waals surface area (Å²) in [4.78, 5) is 17.4. The lowest BCUT2D eigenvalue weighted by Gasteiger charge is -2.34. The van der Waals surface area contributed by atoms with Crippen LogP contribution in [0.1, 0.15) is 12.0 Å². The summed E-state index contributed by atoms with van der Waals surface area (Å²) in [7, 11) is 0. The minimum absolute atomic E-state index is 0.152. The second-order valence-electron chi connectivity index (χ2n) is 5.89. The Morgan fingerprint density at radius 2 is 2.00 bits per heavy atom. The van der Waals surface area contributed by atoms with Crippen molar-refractivity contribution in [3.05, 3.63) is 29.8 Å². The molecule has 1 aromatic rings. The molecule has 126 valence electrons. The average molecular weight is 340 g/mol. The number of rotatable bonds is 3. The van der Waals surface area contributed by atoms with Crippen molar-refractivity contribution in [1.29, 1.82) is 0 Å². The fourth-order valence-electron chi connectivity index (χ4n) is 2.59. The van der Waals surface area contributed by atoms with E-state index < -0.39 is 23.3 Å². The number of nitrogens with zero attached hydrogens (tertiary/aromatic N) is 3. The molecule has 3 aliphatic heterocycles. The van der Waals surface area contributed by atoms with Gasteiger partial charge in [0.2, 0.25) is 0 Å². The predicted octanol–water partition coefficient (Wildman–Crippen LogP) is 2.35. The molecule has 3 aliphatic rings. The highest BCUT2D eigenvalue weighted by Gasteiger charge is 2.65. The van der Waals surface area contributed by atoms with Gasteiger partial charge in [-0.2, -0.15) is 13.2 Å². The lowest BCUT2D eigenvalue weighted by molar-refractivity contribution is -0.194. The zero-order valence-corrected chi connectivity index (χ0v) is 12.1. The Kier molecular flexibility index (Phi) is 2.99. The maximum atomic E-state index is 13.0. The Morgan fingerprint density at radius 3 is 2.54 bits per heavy atom. The molecule has 0 saturated carbocycles. The minimum Gasteiger partial charge on any atom is -0.383 e. The highest BCUT2D eigenvalue weighted by molar-refractivity contribution is 6.43. The normalized spacial score (nSPS) is 22.5. The van der Waals surface area contributed by atoms with E-state index in [0.717, 1.165) is 0 Å². The molecule has 0 atom stereocenters. The smallest absolute Gasteiger partial charge is 0.383 e. The number of hydrogen-bond acceptors (Lipinski definition) is 6. The van der Waals surface area contributed by atoms with Crippen LogP contribution in [-0.2, 0) is 20.0 Å². The predicted molar refractivity (Wildman–Crippen MR) is 74.3 cm³/mol. The molecule has 0 aromatic heterocycles. The van der Waals surface area contributed by atoms with Crippen LogP contribution < -0.4 is 5.32 Å². The summed E-state index contributed by atoms with van der Waals surface area (Å²) in [6, 6.07) is 5.34. The number of amides is 1. The maximum absolute atomic E-state index is 13.0. The summed E-state index contributed by atoms with van der Waals surface area (Å²) >= 11 is 0. The first kappa shape index (κ1) is 15.1. The van der Waals surface area contributed by atoms with Crippen LogP contribution in [0.4, 0.5) is 18.9 Å². The zero-order valence-electron chi connectivity index (χ0n) is 12.1. The van der Waals surface area contributed by atoms with Crippen molar-refractivity contribution in [3.8, 4) is 0 Å². The molecule has 1 aromatic carbocycles. The zero-order chi connectivity index (χ0) is 17.0. The summed E-state index contributed by atoms with van der Waals surface area (Å²) in [5.74, 6) is -0.526. The van der Waals surface area contributed by atoms with Gasteiger partial charge in [0, 0.05) is 17.7 Å². The van der Waals surface area contributed by atoms with E-state index in [1.165, 1.54) is 24.3 Å². The van der Waals surface area contributed by atoms with Crippen LogP contribution in [0.5, 0.6) is 0 Å². The Labute approximate surface area is 133 Å². The lowest BCUT2D eigenvalue weighted by Crippen LogP contribution is -2.50. The van der Waals surface area contributed by atoms with Gasteiger partial charge in [0.1, 0.15) is 5.71 Å². The second-order valence-corrected chi connectivity index (χ2v) is 5.89. The molecule has 24 heavy (non-hydrogen) atoms. The van der Waals surface area contributed by atoms with E-state index in [1.54, 1.807) is 0 Å². The lowest BCUT2D eigenvalue weighted by atomic mass is 9.95. The molecule has 3 heterocycles. The number of carbonyl (C=O) groups is 1. The first-order chi connectivity index (χ1) is 11.3. The van der Waals surface area contributed by atoms with Gasteiger partial charge < -0.3 is 14.9 Å². The molecular weight excluding hydrogens is 329 g/mol. The van der Waals surface area contributed by atoms with E-state index in [0.29, 0.717) is 19.6 Å². The van der Waals surface area contributed by atoms with Gasteiger partial charge in [-0.15, -0.1) is 10.2 Å². The minimum atomic E-state index is -4.62. The molecule has 4 rings (SSSR count). The fourth-order valence-corrected chi connectivity index (χ4v) is 2.59. The van der Waals surface area contributed by atoms with Crippen LogP contribution in [0.15, 0.2) is 39.6 Å². The summed E-state index contributed by atoms with van der Waals surface area (Å²) in [5, 5.41) is 12.5. The first-order valence-corrected chi connectivity index (χ1v) is 7.09. The molecular formula is C14H11F3N4O3. The molecule has 1 saturated heterocycles. The molecule has 0 unspecified atom stereocenters. The Bertz CT molecular complexity index is 765. The summed E-state index contributed by atoms with van der Waals surface area (Å²) < 4.78 is 44.1. The number of benzene rings is 1. The van der Waals surface area contributed by atoms with Gasteiger partial charge >= 0.3 is 11.8 Å². The van der Waals surface area contributed by atoms with Crippen molar-refractivity contribution in [2.45, 2.75) is 23.9 Å². The SMILES string of the molecule is O=C(Nc1cccc(C2(C(F)(F)F)N=N2)c1)C1=NOC2(COC2)C1. The van der Waals surface area contributed by atoms with E-state index in [2.05, 4.69) is 20.7 Å². The van der Waals surface area contributed by atoms with Crippen LogP contribution in [-0.4, -0.2) is 36.6 Å². The van der Waals surface area contributed by atoms with Crippen LogP contribution >= 0.6 is 0 Å². The molecule has 0 radical (unpaired) electrons. The molecule has 7 nitrogen and oxygen atoms in total. The van der Waals surface area contributed by atoms with Crippen molar-refractivity contribution >= 4 is 17.3 Å². The van der Waals surface area contributed by atoms with E-state index in [9.17, 15) is 18.0 Å². The molecule has 1 amide bonds. The first-order valence-electron chi connectivity index (χ1n) is 7.09. The van der Waals surface area contributed by atoms with E-state index >= 15 is 0 Å². The van der Waals surface area contributed by atoms with Crippen LogP contribution in [0.3, 0.4) is 0 Å². The molecule has 1 fully saturated rings. The van der Waals surface area contributed by atoms with Crippen molar-refractivity contribution in [2.24, 2.45) is 15.4 Å². The molecule has 10 heteroatoms. The van der Waals surface area contributed by atoms with E-state index in [4.69, 9.17) is 9.57 Å². The fraction of sp³-hybridized carbons (Fsp3) is 0.429. The Morgan fingerprint density at radius 1 is 1.25 bits per heavy atom. The second kappa shape index (κ2) is 4.76. The molecule has 1 N–H and O–H groups in total. The van der Waals surface area contributed by atoms with Crippen molar-refractivity contribution < 1.29 is 27.5 Å². The standard InChI is InChI=1S/C14H11F3N4O3/c15-14(16,17)13(20-21-13)8-2-1-3-9(4-8)18-11(22)10-5-12(24-19-10)6-23-7-12/h1-4H,5-7H2,(H,18,22). The van der Waals surface area contributed by atoms with Gasteiger partial charge in [0.25, 0.3) is 5.91 Å². The quantitative estimate of drug-likeness (QED) is 0.917. The maximum Gasteiger partial charge on any atom is 0.442 e. The Hall–Kier alpha value is -2.49. The number of ether oxygens (including phenoxy) is 1. The summed E-state index contributed by atoms with van der Waals surface area (Å²) in [6.07, 6.45) is -4.31. The van der Waals surface area contributed by atoms with Gasteiger partial charge in [-0.05, 0) is 12.1 Å². The number of halogens is 3. The van der Waals surface area contributed by atoms with Crippen LogP contribution in [0.2, 0.25) is 0 Å². The number of alkyl halides is 3. The summed E-state index contributed by atoms with van der Waals surface area (Å²) in [6.45, 7) is 0.722. The van der Waals surface area contributed by atoms with E-state index in [1.807, 2.05) is 0 Å². The number of nitrogens with one attached hydrogen (secondary N) is 1. The van der Waals surface area contributed by atoms with Crippen molar-refractivity contribution in [2.75, 3.05) is 18.5 Å².